The van der Waals surface area contributed by atoms with Crippen LogP contribution in [0.4, 0.5) is 0 Å². The number of hydrogen-bond donors (Lipinski definition) is 0. The van der Waals surface area contributed by atoms with E-state index in [9.17, 15) is 18.0 Å². The Labute approximate surface area is 153 Å². The van der Waals surface area contributed by atoms with E-state index in [-0.39, 0.29) is 34.0 Å². The maximum Gasteiger partial charge on any atom is 0.340 e. The first-order chi connectivity index (χ1) is 11.7. The van der Waals surface area contributed by atoms with Crippen molar-refractivity contribution in [2.75, 3.05) is 19.4 Å². The molecule has 2 rings (SSSR count). The van der Waals surface area contributed by atoms with Gasteiger partial charge in [-0.3, -0.25) is 4.79 Å². The molecular formula is C17H22ClNO5S. The van der Waals surface area contributed by atoms with Gasteiger partial charge in [0, 0.05) is 18.8 Å². The number of piperidine rings is 1. The van der Waals surface area contributed by atoms with Crippen molar-refractivity contribution in [3.05, 3.63) is 28.8 Å². The van der Waals surface area contributed by atoms with Crippen molar-refractivity contribution in [1.29, 1.82) is 0 Å². The normalized spacial score (nSPS) is 18.0. The van der Waals surface area contributed by atoms with Gasteiger partial charge in [-0.1, -0.05) is 18.5 Å². The number of rotatable bonds is 5. The van der Waals surface area contributed by atoms with E-state index < -0.39 is 15.8 Å². The van der Waals surface area contributed by atoms with Gasteiger partial charge in [0.2, 0.25) is 0 Å². The van der Waals surface area contributed by atoms with Crippen molar-refractivity contribution in [3.8, 4) is 0 Å². The minimum atomic E-state index is -3.48. The Morgan fingerprint density at radius 1 is 1.32 bits per heavy atom. The zero-order valence-electron chi connectivity index (χ0n) is 14.3. The molecule has 0 N–H and O–H groups in total. The van der Waals surface area contributed by atoms with Crippen molar-refractivity contribution < 1.29 is 22.7 Å². The SMILES string of the molecule is CC[C@@H]1CCCCN1C(=O)COC(=O)c1cc(S(C)(=O)=O)ccc1Cl. The van der Waals surface area contributed by atoms with Crippen LogP contribution in [0.15, 0.2) is 23.1 Å². The molecule has 1 heterocycles. The Morgan fingerprint density at radius 2 is 2.04 bits per heavy atom. The van der Waals surface area contributed by atoms with Crippen molar-refractivity contribution in [3.63, 3.8) is 0 Å². The predicted molar refractivity (Wildman–Crippen MR) is 94.5 cm³/mol. The summed E-state index contributed by atoms with van der Waals surface area (Å²) >= 11 is 5.96. The maximum atomic E-state index is 12.3. The van der Waals surface area contributed by atoms with E-state index in [2.05, 4.69) is 0 Å². The summed E-state index contributed by atoms with van der Waals surface area (Å²) in [4.78, 5) is 26.3. The van der Waals surface area contributed by atoms with Crippen LogP contribution < -0.4 is 0 Å². The lowest BCUT2D eigenvalue weighted by Gasteiger charge is -2.35. The first-order valence-corrected chi connectivity index (χ1v) is 10.5. The second-order valence-electron chi connectivity index (χ2n) is 6.13. The van der Waals surface area contributed by atoms with Gasteiger partial charge in [-0.25, -0.2) is 13.2 Å². The molecule has 0 spiro atoms. The topological polar surface area (TPSA) is 80.8 Å². The van der Waals surface area contributed by atoms with E-state index in [4.69, 9.17) is 16.3 Å². The standard InChI is InChI=1S/C17H22ClNO5S/c1-3-12-6-4-5-9-19(12)16(20)11-24-17(21)14-10-13(25(2,22)23)7-8-15(14)18/h7-8,10,12H,3-6,9,11H2,1-2H3/t12-/m1/s1. The number of likely N-dealkylation sites (tertiary alicyclic amines) is 1. The molecule has 0 aliphatic carbocycles. The minimum Gasteiger partial charge on any atom is -0.452 e. The van der Waals surface area contributed by atoms with Gasteiger partial charge in [-0.15, -0.1) is 0 Å². The Kier molecular flexibility index (Phi) is 6.46. The maximum absolute atomic E-state index is 12.3. The van der Waals surface area contributed by atoms with Gasteiger partial charge in [0.05, 0.1) is 15.5 Å². The summed E-state index contributed by atoms with van der Waals surface area (Å²) in [5, 5.41) is 0.0780. The molecule has 1 aromatic rings. The third kappa shape index (κ3) is 4.95. The monoisotopic (exact) mass is 387 g/mol. The van der Waals surface area contributed by atoms with E-state index in [1.54, 1.807) is 4.90 Å². The van der Waals surface area contributed by atoms with Gasteiger partial charge in [-0.2, -0.15) is 0 Å². The fraction of sp³-hybridized carbons (Fsp3) is 0.529. The number of carbonyl (C=O) groups excluding carboxylic acids is 2. The van der Waals surface area contributed by atoms with E-state index in [1.165, 1.54) is 18.2 Å². The summed E-state index contributed by atoms with van der Waals surface area (Å²) in [5.74, 6) is -1.05. The highest BCUT2D eigenvalue weighted by molar-refractivity contribution is 7.90. The molecule has 0 unspecified atom stereocenters. The average Bonchev–Trinajstić information content (AvgIpc) is 2.58. The molecule has 0 bridgehead atoms. The van der Waals surface area contributed by atoms with Crippen molar-refractivity contribution in [2.45, 2.75) is 43.5 Å². The quantitative estimate of drug-likeness (QED) is 0.725. The number of hydrogen-bond acceptors (Lipinski definition) is 5. The van der Waals surface area contributed by atoms with Crippen LogP contribution in [0.3, 0.4) is 0 Å². The summed E-state index contributed by atoms with van der Waals surface area (Å²) in [7, 11) is -3.48. The molecule has 0 saturated carbocycles. The molecule has 8 heteroatoms. The fourth-order valence-electron chi connectivity index (χ4n) is 2.93. The summed E-state index contributed by atoms with van der Waals surface area (Å²) < 4.78 is 28.3. The Bertz CT molecular complexity index is 762. The van der Waals surface area contributed by atoms with Crippen LogP contribution in [0.5, 0.6) is 0 Å². The lowest BCUT2D eigenvalue weighted by atomic mass is 10.00. The Morgan fingerprint density at radius 3 is 2.68 bits per heavy atom. The molecule has 1 aliphatic rings. The number of amides is 1. The van der Waals surface area contributed by atoms with Gasteiger partial charge < -0.3 is 9.64 Å². The Balaban J connectivity index is 2.06. The highest BCUT2D eigenvalue weighted by Crippen LogP contribution is 2.22. The van der Waals surface area contributed by atoms with Crippen LogP contribution in [-0.2, 0) is 19.4 Å². The molecule has 0 aromatic heterocycles. The zero-order chi connectivity index (χ0) is 18.6. The number of benzene rings is 1. The van der Waals surface area contributed by atoms with E-state index in [1.807, 2.05) is 6.92 Å². The van der Waals surface area contributed by atoms with Crippen LogP contribution in [0, 0.1) is 0 Å². The largest absolute Gasteiger partial charge is 0.452 e. The predicted octanol–water partition coefficient (Wildman–Crippen LogP) is 2.69. The van der Waals surface area contributed by atoms with Crippen LogP contribution in [0.2, 0.25) is 5.02 Å². The molecule has 1 saturated heterocycles. The molecule has 1 aliphatic heterocycles. The third-order valence-electron chi connectivity index (χ3n) is 4.33. The number of esters is 1. The molecular weight excluding hydrogens is 366 g/mol. The summed E-state index contributed by atoms with van der Waals surface area (Å²) in [6.07, 6.45) is 4.89. The van der Waals surface area contributed by atoms with Crippen LogP contribution in [0.1, 0.15) is 43.0 Å². The highest BCUT2D eigenvalue weighted by atomic mass is 35.5. The number of nitrogens with zero attached hydrogens (tertiary/aromatic N) is 1. The number of sulfone groups is 1. The van der Waals surface area contributed by atoms with Gasteiger partial charge in [0.15, 0.2) is 16.4 Å². The van der Waals surface area contributed by atoms with Crippen molar-refractivity contribution in [1.82, 2.24) is 4.90 Å². The Hall–Kier alpha value is -1.60. The molecule has 1 aromatic carbocycles. The zero-order valence-corrected chi connectivity index (χ0v) is 15.9. The van der Waals surface area contributed by atoms with Gasteiger partial charge in [-0.05, 0) is 43.9 Å². The number of ether oxygens (including phenoxy) is 1. The second-order valence-corrected chi connectivity index (χ2v) is 8.56. The van der Waals surface area contributed by atoms with Crippen molar-refractivity contribution in [2.24, 2.45) is 0 Å². The fourth-order valence-corrected chi connectivity index (χ4v) is 3.77. The molecule has 25 heavy (non-hydrogen) atoms. The molecule has 1 fully saturated rings. The molecule has 0 radical (unpaired) electrons. The van der Waals surface area contributed by atoms with E-state index >= 15 is 0 Å². The summed E-state index contributed by atoms with van der Waals surface area (Å²) in [6.45, 7) is 2.31. The third-order valence-corrected chi connectivity index (χ3v) is 5.77. The summed E-state index contributed by atoms with van der Waals surface area (Å²) in [5.41, 5.74) is -0.0666. The van der Waals surface area contributed by atoms with Crippen molar-refractivity contribution >= 4 is 33.3 Å². The lowest BCUT2D eigenvalue weighted by molar-refractivity contribution is -0.138. The molecule has 1 atom stereocenters. The van der Waals surface area contributed by atoms with Crippen LogP contribution in [0.25, 0.3) is 0 Å². The molecule has 6 nitrogen and oxygen atoms in total. The lowest BCUT2D eigenvalue weighted by Crippen LogP contribution is -2.45. The van der Waals surface area contributed by atoms with E-state index in [0.29, 0.717) is 6.54 Å². The molecule has 138 valence electrons. The average molecular weight is 388 g/mol. The number of carbonyl (C=O) groups is 2. The first kappa shape index (κ1) is 19.7. The number of halogens is 1. The minimum absolute atomic E-state index is 0.0303. The van der Waals surface area contributed by atoms with Crippen LogP contribution in [-0.4, -0.2) is 50.6 Å². The van der Waals surface area contributed by atoms with Gasteiger partial charge in [0.25, 0.3) is 5.91 Å². The molecule has 1 amide bonds. The summed E-state index contributed by atoms with van der Waals surface area (Å²) in [6, 6.07) is 3.99. The second kappa shape index (κ2) is 8.19. The van der Waals surface area contributed by atoms with Gasteiger partial charge in [0.1, 0.15) is 0 Å². The smallest absolute Gasteiger partial charge is 0.340 e. The highest BCUT2D eigenvalue weighted by Gasteiger charge is 2.26. The van der Waals surface area contributed by atoms with E-state index in [0.717, 1.165) is 31.9 Å². The van der Waals surface area contributed by atoms with Gasteiger partial charge >= 0.3 is 5.97 Å². The first-order valence-electron chi connectivity index (χ1n) is 8.20. The van der Waals surface area contributed by atoms with Crippen LogP contribution >= 0.6 is 11.6 Å².